The summed E-state index contributed by atoms with van der Waals surface area (Å²) >= 11 is 0. The van der Waals surface area contributed by atoms with Gasteiger partial charge in [0.2, 0.25) is 0 Å². The van der Waals surface area contributed by atoms with Crippen LogP contribution in [0.25, 0.3) is 0 Å². The Morgan fingerprint density at radius 2 is 1.88 bits per heavy atom. The highest BCUT2D eigenvalue weighted by Crippen LogP contribution is 2.21. The van der Waals surface area contributed by atoms with E-state index >= 15 is 0 Å². The van der Waals surface area contributed by atoms with Crippen LogP contribution in [0.15, 0.2) is 47.9 Å². The van der Waals surface area contributed by atoms with E-state index in [0.29, 0.717) is 12.0 Å². The average Bonchev–Trinajstić information content (AvgIpc) is 2.62. The van der Waals surface area contributed by atoms with Gasteiger partial charge in [0.1, 0.15) is 0 Å². The Bertz CT molecular complexity index is 792. The molecule has 2 heterocycles. The van der Waals surface area contributed by atoms with Crippen LogP contribution in [0.1, 0.15) is 48.7 Å². The van der Waals surface area contributed by atoms with Crippen molar-refractivity contribution in [2.75, 3.05) is 5.75 Å². The van der Waals surface area contributed by atoms with Gasteiger partial charge in [-0.1, -0.05) is 20.3 Å². The fourth-order valence-corrected chi connectivity index (χ4v) is 3.15. The number of pyridine rings is 2. The van der Waals surface area contributed by atoms with E-state index < -0.39 is 9.84 Å². The van der Waals surface area contributed by atoms with E-state index in [0.717, 1.165) is 12.0 Å². The molecule has 7 heteroatoms. The van der Waals surface area contributed by atoms with Crippen molar-refractivity contribution in [2.45, 2.75) is 37.8 Å². The third-order valence-corrected chi connectivity index (χ3v) is 5.31. The van der Waals surface area contributed by atoms with Gasteiger partial charge >= 0.3 is 0 Å². The van der Waals surface area contributed by atoms with Crippen molar-refractivity contribution in [2.24, 2.45) is 0 Å². The lowest BCUT2D eigenvalue weighted by molar-refractivity contribution is 0.0934. The molecule has 2 rings (SSSR count). The monoisotopic (exact) mass is 347 g/mol. The minimum atomic E-state index is -3.38. The number of hydrogen-bond donors (Lipinski definition) is 1. The fraction of sp³-hybridized carbons (Fsp3) is 0.353. The molecule has 0 aliphatic rings. The van der Waals surface area contributed by atoms with Gasteiger partial charge in [0.15, 0.2) is 14.9 Å². The van der Waals surface area contributed by atoms with Crippen LogP contribution in [0.5, 0.6) is 0 Å². The van der Waals surface area contributed by atoms with Crippen LogP contribution in [0.2, 0.25) is 0 Å². The van der Waals surface area contributed by atoms with E-state index in [9.17, 15) is 13.2 Å². The molecule has 0 aliphatic heterocycles. The largest absolute Gasteiger partial charge is 0.345 e. The van der Waals surface area contributed by atoms with Gasteiger partial charge in [0.05, 0.1) is 11.8 Å². The van der Waals surface area contributed by atoms with E-state index in [1.165, 1.54) is 6.20 Å². The smallest absolute Gasteiger partial charge is 0.251 e. The first kappa shape index (κ1) is 18.1. The summed E-state index contributed by atoms with van der Waals surface area (Å²) < 4.78 is 24.0. The lowest BCUT2D eigenvalue weighted by Crippen LogP contribution is -2.28. The molecule has 24 heavy (non-hydrogen) atoms. The van der Waals surface area contributed by atoms with Crippen molar-refractivity contribution in [1.29, 1.82) is 0 Å². The molecule has 1 N–H and O–H groups in total. The van der Waals surface area contributed by atoms with Crippen LogP contribution >= 0.6 is 0 Å². The zero-order valence-electron chi connectivity index (χ0n) is 13.8. The van der Waals surface area contributed by atoms with E-state index in [-0.39, 0.29) is 22.7 Å². The number of nitrogens with one attached hydrogen (secondary N) is 1. The van der Waals surface area contributed by atoms with Crippen molar-refractivity contribution in [3.8, 4) is 0 Å². The molecule has 1 amide bonds. The van der Waals surface area contributed by atoms with Crippen LogP contribution in [0.3, 0.4) is 0 Å². The summed E-state index contributed by atoms with van der Waals surface area (Å²) in [7, 11) is -3.38. The van der Waals surface area contributed by atoms with Crippen molar-refractivity contribution >= 4 is 15.7 Å². The second kappa shape index (κ2) is 8.01. The Morgan fingerprint density at radius 3 is 2.50 bits per heavy atom. The number of carbonyl (C=O) groups excluding carboxylic acids is 1. The first-order chi connectivity index (χ1) is 11.5. The zero-order valence-corrected chi connectivity index (χ0v) is 14.6. The van der Waals surface area contributed by atoms with Gasteiger partial charge in [0.25, 0.3) is 5.91 Å². The van der Waals surface area contributed by atoms with E-state index in [1.807, 2.05) is 6.92 Å². The van der Waals surface area contributed by atoms with Gasteiger partial charge in [-0.15, -0.1) is 0 Å². The predicted molar refractivity (Wildman–Crippen MR) is 91.3 cm³/mol. The third-order valence-electron chi connectivity index (χ3n) is 3.69. The molecule has 2 aromatic heterocycles. The maximum atomic E-state index is 12.4. The first-order valence-electron chi connectivity index (χ1n) is 7.87. The Balaban J connectivity index is 2.28. The molecule has 0 aromatic carbocycles. The third kappa shape index (κ3) is 4.38. The number of rotatable bonds is 7. The van der Waals surface area contributed by atoms with Crippen LogP contribution in [-0.4, -0.2) is 30.0 Å². The van der Waals surface area contributed by atoms with Crippen molar-refractivity contribution in [3.05, 3.63) is 54.0 Å². The molecule has 2 aromatic rings. The van der Waals surface area contributed by atoms with E-state index in [2.05, 4.69) is 15.3 Å². The molecule has 0 saturated heterocycles. The van der Waals surface area contributed by atoms with Crippen molar-refractivity contribution in [3.63, 3.8) is 0 Å². The quantitative estimate of drug-likeness (QED) is 0.831. The SMILES string of the molecule is CCC[C@H](NC(=O)c1ccncc1)c1ccnc(S(=O)(=O)CC)c1. The zero-order chi connectivity index (χ0) is 17.6. The molecule has 6 nitrogen and oxygen atoms in total. The van der Waals surface area contributed by atoms with Crippen LogP contribution < -0.4 is 5.32 Å². The molecule has 0 saturated carbocycles. The molecular formula is C17H21N3O3S. The van der Waals surface area contributed by atoms with E-state index in [4.69, 9.17) is 0 Å². The van der Waals surface area contributed by atoms with Gasteiger partial charge in [-0.05, 0) is 36.2 Å². The summed E-state index contributed by atoms with van der Waals surface area (Å²) in [5.41, 5.74) is 1.25. The summed E-state index contributed by atoms with van der Waals surface area (Å²) in [6.07, 6.45) is 6.13. The summed E-state index contributed by atoms with van der Waals surface area (Å²) in [6, 6.07) is 6.29. The van der Waals surface area contributed by atoms with Crippen molar-refractivity contribution < 1.29 is 13.2 Å². The second-order valence-corrected chi connectivity index (χ2v) is 7.61. The van der Waals surface area contributed by atoms with Crippen LogP contribution in [0.4, 0.5) is 0 Å². The number of nitrogens with zero attached hydrogens (tertiary/aromatic N) is 2. The minimum Gasteiger partial charge on any atom is -0.345 e. The summed E-state index contributed by atoms with van der Waals surface area (Å²) in [5, 5.41) is 3.00. The van der Waals surface area contributed by atoms with Crippen LogP contribution in [0, 0.1) is 0 Å². The van der Waals surface area contributed by atoms with Gasteiger partial charge in [-0.3, -0.25) is 9.78 Å². The van der Waals surface area contributed by atoms with Gasteiger partial charge in [0, 0.05) is 24.2 Å². The number of amides is 1. The van der Waals surface area contributed by atoms with Crippen LogP contribution in [-0.2, 0) is 9.84 Å². The Morgan fingerprint density at radius 1 is 1.17 bits per heavy atom. The molecule has 0 radical (unpaired) electrons. The molecule has 0 fully saturated rings. The highest BCUT2D eigenvalue weighted by atomic mass is 32.2. The Kier molecular flexibility index (Phi) is 6.03. The summed E-state index contributed by atoms with van der Waals surface area (Å²) in [5.74, 6) is -0.224. The molecule has 0 spiro atoms. The maximum Gasteiger partial charge on any atom is 0.251 e. The average molecular weight is 347 g/mol. The maximum absolute atomic E-state index is 12.4. The van der Waals surface area contributed by atoms with Crippen molar-refractivity contribution in [1.82, 2.24) is 15.3 Å². The lowest BCUT2D eigenvalue weighted by Gasteiger charge is -2.19. The number of sulfone groups is 1. The normalized spacial score (nSPS) is 12.6. The minimum absolute atomic E-state index is 0.00866. The molecule has 0 bridgehead atoms. The summed E-state index contributed by atoms with van der Waals surface area (Å²) in [6.45, 7) is 3.59. The summed E-state index contributed by atoms with van der Waals surface area (Å²) in [4.78, 5) is 20.2. The van der Waals surface area contributed by atoms with Gasteiger partial charge in [-0.25, -0.2) is 13.4 Å². The fourth-order valence-electron chi connectivity index (χ4n) is 2.32. The molecule has 128 valence electrons. The number of aromatic nitrogens is 2. The lowest BCUT2D eigenvalue weighted by atomic mass is 10.0. The highest BCUT2D eigenvalue weighted by Gasteiger charge is 2.19. The first-order valence-corrected chi connectivity index (χ1v) is 9.52. The molecule has 1 atom stereocenters. The number of hydrogen-bond acceptors (Lipinski definition) is 5. The molecular weight excluding hydrogens is 326 g/mol. The Hall–Kier alpha value is -2.28. The molecule has 0 unspecified atom stereocenters. The predicted octanol–water partition coefficient (Wildman–Crippen LogP) is 2.54. The Labute approximate surface area is 142 Å². The highest BCUT2D eigenvalue weighted by molar-refractivity contribution is 7.91. The topological polar surface area (TPSA) is 89.0 Å². The second-order valence-electron chi connectivity index (χ2n) is 5.38. The standard InChI is InChI=1S/C17H21N3O3S/c1-3-5-15(20-17(21)13-6-9-18-10-7-13)14-8-11-19-16(12-14)24(22,23)4-2/h6-12,15H,3-5H2,1-2H3,(H,20,21)/t15-/m0/s1. The van der Waals surface area contributed by atoms with Gasteiger partial charge in [-0.2, -0.15) is 0 Å². The number of carbonyl (C=O) groups is 1. The van der Waals surface area contributed by atoms with E-state index in [1.54, 1.807) is 43.6 Å². The molecule has 0 aliphatic carbocycles. The van der Waals surface area contributed by atoms with Gasteiger partial charge < -0.3 is 5.32 Å².